The van der Waals surface area contributed by atoms with E-state index < -0.39 is 0 Å². The smallest absolute Gasteiger partial charge is 0.411 e. The van der Waals surface area contributed by atoms with Crippen LogP contribution < -0.4 is 0 Å². The quantitative estimate of drug-likeness (QED) is 0.474. The van der Waals surface area contributed by atoms with Gasteiger partial charge in [-0.1, -0.05) is 19.9 Å². The average molecular weight is 168 g/mol. The molecule has 0 N–H and O–H groups in total. The molecule has 0 bridgehead atoms. The van der Waals surface area contributed by atoms with Crippen LogP contribution in [0.5, 0.6) is 0 Å². The first kappa shape index (κ1) is 9.81. The molecule has 0 spiro atoms. The summed E-state index contributed by atoms with van der Waals surface area (Å²) in [7, 11) is 0.00562. The Morgan fingerprint density at radius 3 is 2.50 bits per heavy atom. The molecule has 1 rings (SSSR count). The van der Waals surface area contributed by atoms with Crippen molar-refractivity contribution in [2.75, 3.05) is 13.2 Å². The lowest BCUT2D eigenvalue weighted by molar-refractivity contribution is 0.0769. The maximum Gasteiger partial charge on any atom is 0.459 e. The highest BCUT2D eigenvalue weighted by Crippen LogP contribution is 2.19. The van der Waals surface area contributed by atoms with Gasteiger partial charge in [-0.2, -0.15) is 0 Å². The summed E-state index contributed by atoms with van der Waals surface area (Å²) in [5.41, 5.74) is 0. The van der Waals surface area contributed by atoms with E-state index in [0.29, 0.717) is 11.7 Å². The second kappa shape index (κ2) is 4.68. The van der Waals surface area contributed by atoms with E-state index in [4.69, 9.17) is 9.31 Å². The van der Waals surface area contributed by atoms with Crippen LogP contribution in [0.15, 0.2) is 12.7 Å². The average Bonchev–Trinajstić information content (AvgIpc) is 2.06. The first-order chi connectivity index (χ1) is 5.74. The van der Waals surface area contributed by atoms with Crippen LogP contribution in [-0.2, 0) is 9.31 Å². The Kier molecular flexibility index (Phi) is 3.82. The van der Waals surface area contributed by atoms with Gasteiger partial charge < -0.3 is 9.31 Å². The molecule has 0 aromatic heterocycles. The standard InChI is InChI=1S/C9H17BO2/c1-4-5-9-6-11-10(8(2)3)12-7-9/h4,8-9H,1,5-7H2,2-3H3. The highest BCUT2D eigenvalue weighted by atomic mass is 16.6. The molecular formula is C9H17BO2. The lowest BCUT2D eigenvalue weighted by Crippen LogP contribution is -2.37. The zero-order chi connectivity index (χ0) is 8.97. The topological polar surface area (TPSA) is 18.5 Å². The zero-order valence-electron chi connectivity index (χ0n) is 7.95. The van der Waals surface area contributed by atoms with Crippen LogP contribution in [0.4, 0.5) is 0 Å². The van der Waals surface area contributed by atoms with Crippen LogP contribution in [0.1, 0.15) is 20.3 Å². The van der Waals surface area contributed by atoms with Crippen molar-refractivity contribution < 1.29 is 9.31 Å². The fourth-order valence-electron chi connectivity index (χ4n) is 1.31. The molecule has 0 atom stereocenters. The van der Waals surface area contributed by atoms with Crippen molar-refractivity contribution in [3.05, 3.63) is 12.7 Å². The molecule has 1 heterocycles. The fourth-order valence-corrected chi connectivity index (χ4v) is 1.31. The molecule has 0 aromatic carbocycles. The van der Waals surface area contributed by atoms with Crippen molar-refractivity contribution >= 4 is 7.12 Å². The maximum atomic E-state index is 5.53. The van der Waals surface area contributed by atoms with E-state index in [0.717, 1.165) is 19.6 Å². The van der Waals surface area contributed by atoms with Gasteiger partial charge >= 0.3 is 7.12 Å². The lowest BCUT2D eigenvalue weighted by Gasteiger charge is -2.28. The number of hydrogen-bond donors (Lipinski definition) is 0. The summed E-state index contributed by atoms with van der Waals surface area (Å²) in [6.07, 6.45) is 2.91. The lowest BCUT2D eigenvalue weighted by atomic mass is 9.73. The molecule has 0 unspecified atom stereocenters. The molecule has 0 saturated carbocycles. The molecular weight excluding hydrogens is 151 g/mol. The SMILES string of the molecule is C=CCC1COB(C(C)C)OC1. The largest absolute Gasteiger partial charge is 0.459 e. The Hall–Kier alpha value is -0.275. The first-order valence-electron chi connectivity index (χ1n) is 4.58. The summed E-state index contributed by atoms with van der Waals surface area (Å²) >= 11 is 0. The van der Waals surface area contributed by atoms with Gasteiger partial charge in [0.2, 0.25) is 0 Å². The molecule has 12 heavy (non-hydrogen) atoms. The van der Waals surface area contributed by atoms with E-state index in [1.165, 1.54) is 0 Å². The third kappa shape index (κ3) is 2.65. The normalized spacial score (nSPS) is 20.1. The van der Waals surface area contributed by atoms with E-state index in [1.54, 1.807) is 0 Å². The second-order valence-corrected chi connectivity index (χ2v) is 3.67. The molecule has 1 aliphatic rings. The molecule has 0 aliphatic carbocycles. The Labute approximate surface area is 75.1 Å². The van der Waals surface area contributed by atoms with Crippen molar-refractivity contribution in [3.8, 4) is 0 Å². The van der Waals surface area contributed by atoms with Crippen LogP contribution in [0.25, 0.3) is 0 Å². The Morgan fingerprint density at radius 1 is 1.50 bits per heavy atom. The van der Waals surface area contributed by atoms with Crippen molar-refractivity contribution in [2.45, 2.75) is 26.1 Å². The van der Waals surface area contributed by atoms with Gasteiger partial charge in [0.1, 0.15) is 0 Å². The number of rotatable bonds is 3. The van der Waals surface area contributed by atoms with E-state index in [2.05, 4.69) is 20.4 Å². The minimum Gasteiger partial charge on any atom is -0.411 e. The predicted octanol–water partition coefficient (Wildman–Crippen LogP) is 2.12. The summed E-state index contributed by atoms with van der Waals surface area (Å²) in [4.78, 5) is 0. The highest BCUT2D eigenvalue weighted by molar-refractivity contribution is 6.46. The van der Waals surface area contributed by atoms with Gasteiger partial charge in [-0.05, 0) is 12.2 Å². The van der Waals surface area contributed by atoms with Gasteiger partial charge in [0.15, 0.2) is 0 Å². The molecule has 3 heteroatoms. The third-order valence-electron chi connectivity index (χ3n) is 2.04. The molecule has 0 aromatic rings. The Bertz CT molecular complexity index is 139. The van der Waals surface area contributed by atoms with Crippen molar-refractivity contribution in [3.63, 3.8) is 0 Å². The zero-order valence-corrected chi connectivity index (χ0v) is 7.95. The molecule has 0 radical (unpaired) electrons. The minimum atomic E-state index is 0.00562. The van der Waals surface area contributed by atoms with Crippen LogP contribution in [0, 0.1) is 5.92 Å². The monoisotopic (exact) mass is 168 g/mol. The highest BCUT2D eigenvalue weighted by Gasteiger charge is 2.29. The maximum absolute atomic E-state index is 5.53. The van der Waals surface area contributed by atoms with Crippen molar-refractivity contribution in [2.24, 2.45) is 5.92 Å². The number of allylic oxidation sites excluding steroid dienone is 1. The van der Waals surface area contributed by atoms with E-state index in [9.17, 15) is 0 Å². The summed E-state index contributed by atoms with van der Waals surface area (Å²) in [6, 6.07) is 0. The van der Waals surface area contributed by atoms with Crippen molar-refractivity contribution in [1.29, 1.82) is 0 Å². The van der Waals surface area contributed by atoms with Crippen LogP contribution in [0.2, 0.25) is 5.82 Å². The van der Waals surface area contributed by atoms with Gasteiger partial charge in [0.25, 0.3) is 0 Å². The van der Waals surface area contributed by atoms with Gasteiger partial charge in [-0.3, -0.25) is 0 Å². The van der Waals surface area contributed by atoms with Gasteiger partial charge in [0, 0.05) is 19.1 Å². The molecule has 68 valence electrons. The first-order valence-corrected chi connectivity index (χ1v) is 4.58. The summed E-state index contributed by atoms with van der Waals surface area (Å²) in [5, 5.41) is 0. The van der Waals surface area contributed by atoms with E-state index in [-0.39, 0.29) is 7.12 Å². The van der Waals surface area contributed by atoms with Crippen LogP contribution in [0.3, 0.4) is 0 Å². The summed E-state index contributed by atoms with van der Waals surface area (Å²) in [6.45, 7) is 9.55. The number of hydrogen-bond acceptors (Lipinski definition) is 2. The van der Waals surface area contributed by atoms with Gasteiger partial charge in [0.05, 0.1) is 0 Å². The molecule has 0 amide bonds. The van der Waals surface area contributed by atoms with E-state index in [1.807, 2.05) is 6.08 Å². The predicted molar refractivity (Wildman–Crippen MR) is 51.1 cm³/mol. The second-order valence-electron chi connectivity index (χ2n) is 3.67. The molecule has 1 saturated heterocycles. The Morgan fingerprint density at radius 2 is 2.08 bits per heavy atom. The molecule has 1 aliphatic heterocycles. The fraction of sp³-hybridized carbons (Fsp3) is 0.778. The minimum absolute atomic E-state index is 0.00562. The van der Waals surface area contributed by atoms with E-state index >= 15 is 0 Å². The van der Waals surface area contributed by atoms with Crippen LogP contribution >= 0.6 is 0 Å². The van der Waals surface area contributed by atoms with Gasteiger partial charge in [-0.25, -0.2) is 0 Å². The Balaban J connectivity index is 2.24. The van der Waals surface area contributed by atoms with Crippen LogP contribution in [-0.4, -0.2) is 20.3 Å². The molecule has 2 nitrogen and oxygen atoms in total. The van der Waals surface area contributed by atoms with Crippen molar-refractivity contribution in [1.82, 2.24) is 0 Å². The summed E-state index contributed by atoms with van der Waals surface area (Å²) in [5.74, 6) is 0.965. The summed E-state index contributed by atoms with van der Waals surface area (Å²) < 4.78 is 11.1. The van der Waals surface area contributed by atoms with Gasteiger partial charge in [-0.15, -0.1) is 6.58 Å². The molecule has 1 fully saturated rings. The third-order valence-corrected chi connectivity index (χ3v) is 2.04.